The van der Waals surface area contributed by atoms with Gasteiger partial charge in [0, 0.05) is 0 Å². The minimum atomic E-state index is -3.61. The van der Waals surface area contributed by atoms with Crippen molar-refractivity contribution < 1.29 is 18.7 Å². The number of para-hydroxylation sites is 4. The first kappa shape index (κ1) is 30.8. The zero-order valence-corrected chi connectivity index (χ0v) is 26.7. The molecule has 0 aliphatic carbocycles. The third-order valence-electron chi connectivity index (χ3n) is 6.41. The van der Waals surface area contributed by atoms with Crippen LogP contribution in [0.3, 0.4) is 0 Å². The van der Waals surface area contributed by atoms with Gasteiger partial charge in [0.05, 0.1) is 0 Å². The predicted octanol–water partition coefficient (Wildman–Crippen LogP) is 10.1. The Bertz CT molecular complexity index is 1530. The molecular formula is C33H36N3O4P3. The first-order valence-electron chi connectivity index (χ1n) is 13.9. The number of nitrogens with zero attached hydrogens (tertiary/aromatic N) is 3. The van der Waals surface area contributed by atoms with E-state index in [1.54, 1.807) is 0 Å². The van der Waals surface area contributed by atoms with Gasteiger partial charge in [-0.15, -0.1) is 0 Å². The number of allylic oxidation sites excluding steroid dienone is 3. The van der Waals surface area contributed by atoms with Crippen molar-refractivity contribution >= 4 is 23.4 Å². The molecule has 1 atom stereocenters. The van der Waals surface area contributed by atoms with Crippen molar-refractivity contribution in [2.75, 3.05) is 18.5 Å². The van der Waals surface area contributed by atoms with Crippen molar-refractivity contribution in [3.05, 3.63) is 159 Å². The maximum absolute atomic E-state index is 7.17. The summed E-state index contributed by atoms with van der Waals surface area (Å²) in [7, 11) is -8.01. The second kappa shape index (κ2) is 14.7. The number of rotatable bonds is 14. The van der Waals surface area contributed by atoms with Gasteiger partial charge in [-0.25, -0.2) is 0 Å². The van der Waals surface area contributed by atoms with Gasteiger partial charge in [-0.3, -0.25) is 0 Å². The Morgan fingerprint density at radius 2 is 1.09 bits per heavy atom. The molecule has 1 aliphatic heterocycles. The van der Waals surface area contributed by atoms with Gasteiger partial charge in [0.2, 0.25) is 0 Å². The maximum atomic E-state index is 7.17. The topological polar surface area (TPSA) is 55.8 Å². The molecule has 0 saturated heterocycles. The van der Waals surface area contributed by atoms with Crippen molar-refractivity contribution in [2.45, 2.75) is 0 Å². The second-order valence-corrected chi connectivity index (χ2v) is 17.9. The van der Waals surface area contributed by atoms with Crippen LogP contribution in [-0.2, 0) is 0 Å². The van der Waals surface area contributed by atoms with Crippen molar-refractivity contribution in [3.63, 3.8) is 0 Å². The van der Waals surface area contributed by atoms with E-state index >= 15 is 0 Å². The molecule has 5 rings (SSSR count). The van der Waals surface area contributed by atoms with Crippen LogP contribution in [0.2, 0.25) is 0 Å². The molecule has 1 unspecified atom stereocenters. The average Bonchev–Trinajstić information content (AvgIpc) is 3.04. The van der Waals surface area contributed by atoms with Gasteiger partial charge in [0.15, 0.2) is 0 Å². The van der Waals surface area contributed by atoms with Crippen molar-refractivity contribution in [1.29, 1.82) is 0 Å². The van der Waals surface area contributed by atoms with Gasteiger partial charge in [-0.1, -0.05) is 0 Å². The van der Waals surface area contributed by atoms with Crippen molar-refractivity contribution in [2.24, 2.45) is 4.52 Å². The van der Waals surface area contributed by atoms with Crippen molar-refractivity contribution in [3.8, 4) is 23.0 Å². The summed E-state index contributed by atoms with van der Waals surface area (Å²) in [6.07, 6.45) is 7.14. The van der Waals surface area contributed by atoms with E-state index in [4.69, 9.17) is 23.2 Å². The molecule has 4 aromatic rings. The van der Waals surface area contributed by atoms with E-state index in [-0.39, 0.29) is 0 Å². The van der Waals surface area contributed by atoms with E-state index in [0.717, 1.165) is 0 Å². The van der Waals surface area contributed by atoms with Crippen LogP contribution >= 0.6 is 23.4 Å². The SMILES string of the molecule is C=CCP1(CC=C)=NP(Oc2ccccc2)N(Oc2ccccc2)[PH](CC=C)(Oc2ccccc2)N1Oc1ccccc1. The van der Waals surface area contributed by atoms with Crippen LogP contribution in [0, 0.1) is 0 Å². The van der Waals surface area contributed by atoms with Crippen LogP contribution < -0.4 is 18.7 Å². The minimum absolute atomic E-state index is 0.407. The average molecular weight is 632 g/mol. The number of hydrogen-bond acceptors (Lipinski definition) is 7. The first-order chi connectivity index (χ1) is 21.1. The van der Waals surface area contributed by atoms with Crippen LogP contribution in [0.25, 0.3) is 0 Å². The summed E-state index contributed by atoms with van der Waals surface area (Å²) < 4.78 is 23.2. The molecular weight excluding hydrogens is 595 g/mol. The molecule has 0 aromatic heterocycles. The molecule has 0 bridgehead atoms. The molecule has 43 heavy (non-hydrogen) atoms. The van der Waals surface area contributed by atoms with E-state index in [1.165, 1.54) is 0 Å². The van der Waals surface area contributed by atoms with E-state index in [0.29, 0.717) is 41.5 Å². The van der Waals surface area contributed by atoms with Crippen LogP contribution in [0.5, 0.6) is 23.0 Å². The number of benzene rings is 4. The van der Waals surface area contributed by atoms with Gasteiger partial charge >= 0.3 is 257 Å². The van der Waals surface area contributed by atoms with Gasteiger partial charge in [-0.2, -0.15) is 0 Å². The Labute approximate surface area is 256 Å². The Morgan fingerprint density at radius 1 is 0.628 bits per heavy atom. The Hall–Kier alpha value is -3.69. The van der Waals surface area contributed by atoms with Gasteiger partial charge in [0.1, 0.15) is 0 Å². The fourth-order valence-corrected chi connectivity index (χ4v) is 17.4. The standard InChI is InChI=1S/C33H36N3O4P3/c1-4-27-42(28-5-2)34-41(39-32-23-15-9-16-24-32)35(37-30-19-11-7-12-20-30)43(29-6-3,40-33-25-17-10-18-26-33)36(42)38-31-21-13-8-14-22-31/h4-26,43H,1-3,27-29H2. The predicted molar refractivity (Wildman–Crippen MR) is 182 cm³/mol. The van der Waals surface area contributed by atoms with Crippen LogP contribution in [0.4, 0.5) is 0 Å². The Morgan fingerprint density at radius 3 is 1.58 bits per heavy atom. The van der Waals surface area contributed by atoms with Crippen LogP contribution in [0.15, 0.2) is 164 Å². The summed E-state index contributed by atoms with van der Waals surface area (Å²) in [5.41, 5.74) is 0. The third kappa shape index (κ3) is 7.11. The molecule has 1 aliphatic rings. The third-order valence-corrected chi connectivity index (χ3v) is 17.8. The molecule has 10 heteroatoms. The summed E-state index contributed by atoms with van der Waals surface area (Å²) >= 11 is 0. The molecule has 0 radical (unpaired) electrons. The van der Waals surface area contributed by atoms with Crippen molar-refractivity contribution in [1.82, 2.24) is 9.21 Å². The van der Waals surface area contributed by atoms with E-state index in [1.807, 2.05) is 149 Å². The summed E-state index contributed by atoms with van der Waals surface area (Å²) in [5.74, 6) is 2.62. The molecule has 0 fully saturated rings. The van der Waals surface area contributed by atoms with Crippen LogP contribution in [-0.4, -0.2) is 27.7 Å². The second-order valence-electron chi connectivity index (χ2n) is 9.57. The normalized spacial score (nSPS) is 18.3. The van der Waals surface area contributed by atoms with Crippen LogP contribution in [0.1, 0.15) is 0 Å². The molecule has 0 N–H and O–H groups in total. The van der Waals surface area contributed by atoms with E-state index in [9.17, 15) is 0 Å². The fraction of sp³-hybridized carbons (Fsp3) is 0.0909. The monoisotopic (exact) mass is 631 g/mol. The van der Waals surface area contributed by atoms with Gasteiger partial charge < -0.3 is 0 Å². The summed E-state index contributed by atoms with van der Waals surface area (Å²) in [4.78, 5) is 13.7. The first-order valence-corrected chi connectivity index (χ1v) is 19.1. The Balaban J connectivity index is 1.80. The molecule has 4 aromatic carbocycles. The quantitative estimate of drug-likeness (QED) is 0.102. The number of hydrogen-bond donors (Lipinski definition) is 0. The van der Waals surface area contributed by atoms with E-state index < -0.39 is 23.4 Å². The molecule has 7 nitrogen and oxygen atoms in total. The zero-order chi connectivity index (χ0) is 30.0. The molecule has 0 saturated carbocycles. The van der Waals surface area contributed by atoms with E-state index in [2.05, 4.69) is 19.7 Å². The summed E-state index contributed by atoms with van der Waals surface area (Å²) in [5, 5.41) is 0. The molecule has 0 spiro atoms. The fourth-order valence-electron chi connectivity index (χ4n) is 4.61. The Kier molecular flexibility index (Phi) is 10.5. The summed E-state index contributed by atoms with van der Waals surface area (Å²) in [6, 6.07) is 38.7. The molecule has 0 amide bonds. The summed E-state index contributed by atoms with van der Waals surface area (Å²) in [6.45, 7) is 12.4. The van der Waals surface area contributed by atoms with Gasteiger partial charge in [-0.05, 0) is 0 Å². The molecule has 1 heterocycles. The van der Waals surface area contributed by atoms with Gasteiger partial charge in [0.25, 0.3) is 0 Å². The molecule has 222 valence electrons. The zero-order valence-electron chi connectivity index (χ0n) is 23.9.